The molecule has 140 valence electrons. The SMILES string of the molecule is CCOc1ccc(/C=C/c2nc(C#N)c(N3CCN(C(C)=O)CC3)o2)cc1. The molecule has 27 heavy (non-hydrogen) atoms. The van der Waals surface area contributed by atoms with Crippen molar-refractivity contribution < 1.29 is 13.9 Å². The standard InChI is InChI=1S/C20H22N4O3/c1-3-26-17-7-4-16(5-8-17)6-9-19-22-18(14-21)20(27-19)24-12-10-23(11-13-24)15(2)25/h4-9H,3,10-13H2,1-2H3/b9-6+. The lowest BCUT2D eigenvalue weighted by atomic mass is 10.2. The van der Waals surface area contributed by atoms with Crippen molar-refractivity contribution in [3.05, 3.63) is 41.4 Å². The van der Waals surface area contributed by atoms with Gasteiger partial charge in [0.2, 0.25) is 23.4 Å². The van der Waals surface area contributed by atoms with Crippen LogP contribution in [0.3, 0.4) is 0 Å². The molecule has 2 heterocycles. The molecule has 1 aromatic carbocycles. The third-order valence-electron chi connectivity index (χ3n) is 4.35. The fourth-order valence-corrected chi connectivity index (χ4v) is 2.92. The summed E-state index contributed by atoms with van der Waals surface area (Å²) < 4.78 is 11.2. The lowest BCUT2D eigenvalue weighted by molar-refractivity contribution is -0.129. The van der Waals surface area contributed by atoms with E-state index < -0.39 is 0 Å². The van der Waals surface area contributed by atoms with Gasteiger partial charge in [0, 0.05) is 39.2 Å². The molecule has 0 aliphatic carbocycles. The summed E-state index contributed by atoms with van der Waals surface area (Å²) in [7, 11) is 0. The van der Waals surface area contributed by atoms with E-state index in [1.54, 1.807) is 17.9 Å². The molecule has 0 spiro atoms. The summed E-state index contributed by atoms with van der Waals surface area (Å²) in [5, 5.41) is 9.37. The quantitative estimate of drug-likeness (QED) is 0.809. The zero-order valence-electron chi connectivity index (χ0n) is 15.5. The van der Waals surface area contributed by atoms with Gasteiger partial charge in [-0.1, -0.05) is 12.1 Å². The van der Waals surface area contributed by atoms with Crippen molar-refractivity contribution in [1.82, 2.24) is 9.88 Å². The Labute approximate surface area is 158 Å². The highest BCUT2D eigenvalue weighted by Gasteiger charge is 2.24. The summed E-state index contributed by atoms with van der Waals surface area (Å²) in [5.74, 6) is 1.73. The van der Waals surface area contributed by atoms with E-state index in [2.05, 4.69) is 11.1 Å². The molecule has 1 aliphatic heterocycles. The first-order valence-electron chi connectivity index (χ1n) is 8.93. The molecule has 7 heteroatoms. The van der Waals surface area contributed by atoms with Crippen LogP contribution < -0.4 is 9.64 Å². The first kappa shape index (κ1) is 18.5. The third kappa shape index (κ3) is 4.47. The van der Waals surface area contributed by atoms with Crippen LogP contribution in [0, 0.1) is 11.3 Å². The Morgan fingerprint density at radius 2 is 1.96 bits per heavy atom. The maximum absolute atomic E-state index is 11.4. The minimum Gasteiger partial charge on any atom is -0.494 e. The van der Waals surface area contributed by atoms with Crippen LogP contribution in [-0.2, 0) is 4.79 Å². The predicted octanol–water partition coefficient (Wildman–Crippen LogP) is 2.78. The summed E-state index contributed by atoms with van der Waals surface area (Å²) in [6.07, 6.45) is 3.62. The molecule has 0 unspecified atom stereocenters. The number of hydrogen-bond acceptors (Lipinski definition) is 6. The van der Waals surface area contributed by atoms with Crippen LogP contribution in [0.5, 0.6) is 5.75 Å². The number of aromatic nitrogens is 1. The summed E-state index contributed by atoms with van der Waals surface area (Å²) in [6.45, 7) is 6.59. The van der Waals surface area contributed by atoms with Crippen LogP contribution in [0.2, 0.25) is 0 Å². The lowest BCUT2D eigenvalue weighted by Crippen LogP contribution is -2.48. The molecule has 1 fully saturated rings. The van der Waals surface area contributed by atoms with E-state index in [4.69, 9.17) is 9.15 Å². The Kier molecular flexibility index (Phi) is 5.77. The fraction of sp³-hybridized carbons (Fsp3) is 0.350. The number of hydrogen-bond donors (Lipinski definition) is 0. The van der Waals surface area contributed by atoms with Crippen LogP contribution in [-0.4, -0.2) is 48.6 Å². The Morgan fingerprint density at radius 1 is 1.26 bits per heavy atom. The second-order valence-electron chi connectivity index (χ2n) is 6.15. The number of carbonyl (C=O) groups excluding carboxylic acids is 1. The average Bonchev–Trinajstić information content (AvgIpc) is 3.11. The number of ether oxygens (including phenoxy) is 1. The first-order valence-corrected chi connectivity index (χ1v) is 8.93. The van der Waals surface area contributed by atoms with Crippen LogP contribution in [0.1, 0.15) is 31.0 Å². The summed E-state index contributed by atoms with van der Waals surface area (Å²) in [6, 6.07) is 9.78. The van der Waals surface area contributed by atoms with Crippen LogP contribution >= 0.6 is 0 Å². The molecule has 0 bridgehead atoms. The maximum Gasteiger partial charge on any atom is 0.235 e. The number of oxazole rings is 1. The van der Waals surface area contributed by atoms with E-state index in [0.29, 0.717) is 44.6 Å². The van der Waals surface area contributed by atoms with Crippen LogP contribution in [0.25, 0.3) is 12.2 Å². The van der Waals surface area contributed by atoms with Gasteiger partial charge >= 0.3 is 0 Å². The number of nitriles is 1. The highest BCUT2D eigenvalue weighted by molar-refractivity contribution is 5.73. The van der Waals surface area contributed by atoms with Gasteiger partial charge in [0.25, 0.3) is 0 Å². The van der Waals surface area contributed by atoms with Gasteiger partial charge in [-0.3, -0.25) is 4.79 Å². The largest absolute Gasteiger partial charge is 0.494 e. The van der Waals surface area contributed by atoms with Gasteiger partial charge in [-0.15, -0.1) is 0 Å². The van der Waals surface area contributed by atoms with Crippen molar-refractivity contribution in [3.63, 3.8) is 0 Å². The molecule has 0 saturated carbocycles. The molecule has 0 radical (unpaired) electrons. The first-order chi connectivity index (χ1) is 13.1. The third-order valence-corrected chi connectivity index (χ3v) is 4.35. The van der Waals surface area contributed by atoms with Gasteiger partial charge in [-0.25, -0.2) is 0 Å². The zero-order chi connectivity index (χ0) is 19.2. The average molecular weight is 366 g/mol. The number of nitrogens with zero attached hydrogens (tertiary/aromatic N) is 4. The minimum absolute atomic E-state index is 0.0618. The van der Waals surface area contributed by atoms with E-state index >= 15 is 0 Å². The van der Waals surface area contributed by atoms with Crippen molar-refractivity contribution in [2.75, 3.05) is 37.7 Å². The number of amides is 1. The Bertz CT molecular complexity index is 856. The molecule has 1 saturated heterocycles. The Hall–Kier alpha value is -3.27. The summed E-state index contributed by atoms with van der Waals surface area (Å²) in [5.41, 5.74) is 1.24. The topological polar surface area (TPSA) is 82.6 Å². The highest BCUT2D eigenvalue weighted by Crippen LogP contribution is 2.24. The molecule has 3 rings (SSSR count). The molecule has 7 nitrogen and oxygen atoms in total. The van der Waals surface area contributed by atoms with Gasteiger partial charge in [-0.2, -0.15) is 10.2 Å². The summed E-state index contributed by atoms with van der Waals surface area (Å²) in [4.78, 5) is 19.4. The normalized spacial score (nSPS) is 14.4. The smallest absolute Gasteiger partial charge is 0.235 e. The Balaban J connectivity index is 1.71. The van der Waals surface area contributed by atoms with Gasteiger partial charge in [0.1, 0.15) is 11.8 Å². The fourth-order valence-electron chi connectivity index (χ4n) is 2.92. The zero-order valence-corrected chi connectivity index (χ0v) is 15.5. The van der Waals surface area contributed by atoms with E-state index in [-0.39, 0.29) is 11.6 Å². The second kappa shape index (κ2) is 8.41. The molecule has 2 aromatic rings. The predicted molar refractivity (Wildman–Crippen MR) is 102 cm³/mol. The van der Waals surface area contributed by atoms with Crippen molar-refractivity contribution in [3.8, 4) is 11.8 Å². The van der Waals surface area contributed by atoms with Crippen LogP contribution in [0.15, 0.2) is 28.7 Å². The molecular formula is C20H22N4O3. The minimum atomic E-state index is 0.0618. The van der Waals surface area contributed by atoms with Gasteiger partial charge < -0.3 is 19.0 Å². The molecule has 1 amide bonds. The van der Waals surface area contributed by atoms with Crippen molar-refractivity contribution in [1.29, 1.82) is 5.26 Å². The molecule has 0 atom stereocenters. The molecule has 1 aromatic heterocycles. The molecular weight excluding hydrogens is 344 g/mol. The number of benzene rings is 1. The van der Waals surface area contributed by atoms with Crippen molar-refractivity contribution >= 4 is 23.9 Å². The second-order valence-corrected chi connectivity index (χ2v) is 6.15. The van der Waals surface area contributed by atoms with Gasteiger partial charge in [-0.05, 0) is 30.7 Å². The Morgan fingerprint density at radius 3 is 2.56 bits per heavy atom. The van der Waals surface area contributed by atoms with Gasteiger partial charge in [0.05, 0.1) is 6.61 Å². The highest BCUT2D eigenvalue weighted by atomic mass is 16.5. The number of piperazine rings is 1. The lowest BCUT2D eigenvalue weighted by Gasteiger charge is -2.33. The maximum atomic E-state index is 11.4. The van der Waals surface area contributed by atoms with E-state index in [1.165, 1.54) is 0 Å². The number of rotatable bonds is 5. The van der Waals surface area contributed by atoms with Crippen molar-refractivity contribution in [2.24, 2.45) is 0 Å². The van der Waals surface area contributed by atoms with Gasteiger partial charge in [0.15, 0.2) is 0 Å². The molecule has 1 aliphatic rings. The van der Waals surface area contributed by atoms with E-state index in [0.717, 1.165) is 11.3 Å². The molecule has 0 N–H and O–H groups in total. The monoisotopic (exact) mass is 366 g/mol. The summed E-state index contributed by atoms with van der Waals surface area (Å²) >= 11 is 0. The number of anilines is 1. The number of carbonyl (C=O) groups is 1. The van der Waals surface area contributed by atoms with E-state index in [1.807, 2.05) is 42.2 Å². The van der Waals surface area contributed by atoms with E-state index in [9.17, 15) is 10.1 Å². The van der Waals surface area contributed by atoms with Crippen LogP contribution in [0.4, 0.5) is 5.88 Å². The van der Waals surface area contributed by atoms with Crippen molar-refractivity contribution in [2.45, 2.75) is 13.8 Å².